The molecule has 1 saturated heterocycles. The molecule has 5 heteroatoms. The molecular weight excluding hydrogens is 237 g/mol. The van der Waals surface area contributed by atoms with E-state index in [2.05, 4.69) is 0 Å². The highest BCUT2D eigenvalue weighted by Crippen LogP contribution is 2.28. The van der Waals surface area contributed by atoms with Crippen molar-refractivity contribution in [3.8, 4) is 5.75 Å². The number of amides is 1. The number of hydrogen-bond acceptors (Lipinski definition) is 3. The lowest BCUT2D eigenvalue weighted by Crippen LogP contribution is -2.63. The minimum absolute atomic E-state index is 0.0775. The molecule has 1 heterocycles. The summed E-state index contributed by atoms with van der Waals surface area (Å²) in [5, 5.41) is 19.0. The Morgan fingerprint density at radius 1 is 1.50 bits per heavy atom. The Bertz CT molecular complexity index is 469. The van der Waals surface area contributed by atoms with Gasteiger partial charge >= 0.3 is 0 Å². The molecule has 1 aliphatic rings. The Hall–Kier alpha value is -1.62. The predicted octanol–water partition coefficient (Wildman–Crippen LogP) is 1.52. The smallest absolute Gasteiger partial charge is 0.257 e. The highest BCUT2D eigenvalue weighted by molar-refractivity contribution is 5.95. The van der Waals surface area contributed by atoms with E-state index in [1.807, 2.05) is 6.92 Å². The number of carbonyl (C=O) groups is 1. The molecule has 1 aliphatic heterocycles. The van der Waals surface area contributed by atoms with E-state index in [0.717, 1.165) is 12.5 Å². The van der Waals surface area contributed by atoms with Crippen LogP contribution in [0.4, 0.5) is 4.39 Å². The molecule has 0 radical (unpaired) electrons. The van der Waals surface area contributed by atoms with Crippen molar-refractivity contribution >= 4 is 5.91 Å². The summed E-state index contributed by atoms with van der Waals surface area (Å²) in [5.74, 6) is -1.41. The third-order valence-corrected chi connectivity index (χ3v) is 3.16. The minimum atomic E-state index is -0.822. The normalized spacial score (nSPS) is 17.4. The van der Waals surface area contributed by atoms with Gasteiger partial charge in [0.05, 0.1) is 24.3 Å². The van der Waals surface area contributed by atoms with Gasteiger partial charge in [-0.1, -0.05) is 13.3 Å². The number of likely N-dealkylation sites (tertiary alicyclic amines) is 1. The van der Waals surface area contributed by atoms with Crippen molar-refractivity contribution in [3.05, 3.63) is 29.6 Å². The minimum Gasteiger partial charge on any atom is -0.508 e. The van der Waals surface area contributed by atoms with E-state index in [0.29, 0.717) is 6.42 Å². The Kier molecular flexibility index (Phi) is 3.26. The van der Waals surface area contributed by atoms with Crippen LogP contribution in [-0.2, 0) is 0 Å². The number of benzene rings is 1. The summed E-state index contributed by atoms with van der Waals surface area (Å²) in [6.45, 7) is 2.43. The van der Waals surface area contributed by atoms with Gasteiger partial charge in [-0.2, -0.15) is 0 Å². The molecule has 1 aromatic rings. The van der Waals surface area contributed by atoms with E-state index in [1.165, 1.54) is 17.0 Å². The Morgan fingerprint density at radius 2 is 2.17 bits per heavy atom. The molecular formula is C13H16FNO3. The second-order valence-corrected chi connectivity index (χ2v) is 4.80. The number of aliphatic hydroxyl groups is 1. The topological polar surface area (TPSA) is 60.8 Å². The zero-order chi connectivity index (χ0) is 13.3. The average molecular weight is 253 g/mol. The van der Waals surface area contributed by atoms with Crippen molar-refractivity contribution in [3.63, 3.8) is 0 Å². The van der Waals surface area contributed by atoms with E-state index in [-0.39, 0.29) is 24.4 Å². The molecule has 0 saturated carbocycles. The summed E-state index contributed by atoms with van der Waals surface area (Å²) in [7, 11) is 0. The second-order valence-electron chi connectivity index (χ2n) is 4.80. The third-order valence-electron chi connectivity index (χ3n) is 3.16. The van der Waals surface area contributed by atoms with Crippen LogP contribution < -0.4 is 0 Å². The van der Waals surface area contributed by atoms with E-state index in [9.17, 15) is 14.3 Å². The van der Waals surface area contributed by atoms with Crippen LogP contribution in [0.3, 0.4) is 0 Å². The van der Waals surface area contributed by atoms with Crippen molar-refractivity contribution in [1.29, 1.82) is 0 Å². The number of aromatic hydroxyl groups is 1. The molecule has 1 fully saturated rings. The largest absolute Gasteiger partial charge is 0.508 e. The fourth-order valence-electron chi connectivity index (χ4n) is 2.28. The summed E-state index contributed by atoms with van der Waals surface area (Å²) in [5.41, 5.74) is -0.899. The molecule has 0 aromatic heterocycles. The van der Waals surface area contributed by atoms with E-state index >= 15 is 0 Å². The van der Waals surface area contributed by atoms with Gasteiger partial charge in [0.15, 0.2) is 0 Å². The fraction of sp³-hybridized carbons (Fsp3) is 0.462. The lowest BCUT2D eigenvalue weighted by Gasteiger charge is -2.46. The van der Waals surface area contributed by atoms with Crippen LogP contribution in [0.15, 0.2) is 18.2 Å². The molecule has 0 atom stereocenters. The van der Waals surface area contributed by atoms with E-state index in [1.54, 1.807) is 0 Å². The van der Waals surface area contributed by atoms with Crippen molar-refractivity contribution in [2.24, 2.45) is 0 Å². The molecule has 1 amide bonds. The summed E-state index contributed by atoms with van der Waals surface area (Å²) in [6, 6.07) is 3.43. The lowest BCUT2D eigenvalue weighted by molar-refractivity contribution is -0.0861. The molecule has 98 valence electrons. The van der Waals surface area contributed by atoms with E-state index < -0.39 is 17.3 Å². The zero-order valence-electron chi connectivity index (χ0n) is 10.2. The van der Waals surface area contributed by atoms with Crippen LogP contribution in [0.5, 0.6) is 5.75 Å². The van der Waals surface area contributed by atoms with Crippen LogP contribution in [0.1, 0.15) is 30.1 Å². The molecule has 18 heavy (non-hydrogen) atoms. The maximum Gasteiger partial charge on any atom is 0.257 e. The maximum absolute atomic E-state index is 13.5. The average Bonchev–Trinajstić information content (AvgIpc) is 2.25. The van der Waals surface area contributed by atoms with Crippen molar-refractivity contribution in [2.45, 2.75) is 25.4 Å². The highest BCUT2D eigenvalue weighted by Gasteiger charge is 2.43. The van der Waals surface area contributed by atoms with Gasteiger partial charge in [0, 0.05) is 6.07 Å². The second kappa shape index (κ2) is 4.57. The van der Waals surface area contributed by atoms with Gasteiger partial charge in [0.25, 0.3) is 5.91 Å². The molecule has 4 nitrogen and oxygen atoms in total. The number of hydrogen-bond donors (Lipinski definition) is 2. The Balaban J connectivity index is 2.06. The zero-order valence-corrected chi connectivity index (χ0v) is 10.2. The van der Waals surface area contributed by atoms with Gasteiger partial charge < -0.3 is 15.1 Å². The molecule has 1 aromatic carbocycles. The van der Waals surface area contributed by atoms with Crippen LogP contribution in [0, 0.1) is 5.82 Å². The first-order chi connectivity index (χ1) is 8.45. The lowest BCUT2D eigenvalue weighted by atomic mass is 9.88. The number of halogens is 1. The fourth-order valence-corrected chi connectivity index (χ4v) is 2.28. The van der Waals surface area contributed by atoms with Crippen molar-refractivity contribution in [2.75, 3.05) is 13.1 Å². The van der Waals surface area contributed by atoms with Gasteiger partial charge in [-0.3, -0.25) is 4.79 Å². The molecule has 0 unspecified atom stereocenters. The number of phenols is 1. The third kappa shape index (κ3) is 2.31. The van der Waals surface area contributed by atoms with Crippen LogP contribution >= 0.6 is 0 Å². The quantitative estimate of drug-likeness (QED) is 0.858. The molecule has 2 N–H and O–H groups in total. The summed E-state index contributed by atoms with van der Waals surface area (Å²) < 4.78 is 13.5. The summed E-state index contributed by atoms with van der Waals surface area (Å²) >= 11 is 0. The number of rotatable bonds is 3. The summed E-state index contributed by atoms with van der Waals surface area (Å²) in [4.78, 5) is 13.4. The molecule has 0 spiro atoms. The van der Waals surface area contributed by atoms with Crippen molar-refractivity contribution in [1.82, 2.24) is 4.90 Å². The highest BCUT2D eigenvalue weighted by atomic mass is 19.1. The molecule has 2 rings (SSSR count). The maximum atomic E-state index is 13.5. The first-order valence-corrected chi connectivity index (χ1v) is 5.95. The number of phenolic OH excluding ortho intramolecular Hbond substituents is 1. The van der Waals surface area contributed by atoms with Gasteiger partial charge in [-0.05, 0) is 18.6 Å². The molecule has 0 bridgehead atoms. The first-order valence-electron chi connectivity index (χ1n) is 5.95. The van der Waals surface area contributed by atoms with Crippen LogP contribution in [-0.4, -0.2) is 39.7 Å². The number of β-amino-alcohol motifs (C(OH)–C–C–N with tert-alkyl or cyclic N) is 1. The van der Waals surface area contributed by atoms with E-state index in [4.69, 9.17) is 5.11 Å². The van der Waals surface area contributed by atoms with Gasteiger partial charge in [-0.15, -0.1) is 0 Å². The Labute approximate surface area is 105 Å². The monoisotopic (exact) mass is 253 g/mol. The van der Waals surface area contributed by atoms with Crippen LogP contribution in [0.25, 0.3) is 0 Å². The number of carbonyl (C=O) groups excluding carboxylic acids is 1. The van der Waals surface area contributed by atoms with Crippen molar-refractivity contribution < 1.29 is 19.4 Å². The summed E-state index contributed by atoms with van der Waals surface area (Å²) in [6.07, 6.45) is 1.47. The van der Waals surface area contributed by atoms with Crippen LogP contribution in [0.2, 0.25) is 0 Å². The molecule has 0 aliphatic carbocycles. The number of nitrogens with zero attached hydrogens (tertiary/aromatic N) is 1. The van der Waals surface area contributed by atoms with Gasteiger partial charge in [-0.25, -0.2) is 4.39 Å². The van der Waals surface area contributed by atoms with Gasteiger partial charge in [0.1, 0.15) is 11.6 Å². The SMILES string of the molecule is CCCC1(O)CN(C(=O)c2ccc(O)cc2F)C1. The standard InChI is InChI=1S/C13H16FNO3/c1-2-5-13(18)7-15(8-13)12(17)10-4-3-9(16)6-11(10)14/h3-4,6,16,18H,2,5,7-8H2,1H3. The Morgan fingerprint density at radius 3 is 2.72 bits per heavy atom. The predicted molar refractivity (Wildman–Crippen MR) is 63.8 cm³/mol. The first kappa shape index (κ1) is 12.8. The van der Waals surface area contributed by atoms with Gasteiger partial charge in [0.2, 0.25) is 0 Å².